The van der Waals surface area contributed by atoms with Crippen molar-refractivity contribution in [2.45, 2.75) is 11.3 Å². The van der Waals surface area contributed by atoms with Crippen molar-refractivity contribution in [3.63, 3.8) is 0 Å². The number of aromatic nitrogens is 3. The Bertz CT molecular complexity index is 1150. The summed E-state index contributed by atoms with van der Waals surface area (Å²) in [7, 11) is 0. The van der Waals surface area contributed by atoms with Crippen molar-refractivity contribution in [3.8, 4) is 0 Å². The molecule has 168 valence electrons. The van der Waals surface area contributed by atoms with Crippen molar-refractivity contribution in [1.29, 1.82) is 0 Å². The fourth-order valence-corrected chi connectivity index (χ4v) is 3.13. The molecule has 0 atom stereocenters. The summed E-state index contributed by atoms with van der Waals surface area (Å²) >= 11 is 6.74. The molecule has 2 aromatic carbocycles. The number of carbonyl (C=O) groups excluding carboxylic acids is 1. The summed E-state index contributed by atoms with van der Waals surface area (Å²) in [5.41, 5.74) is 1.61. The Morgan fingerprint density at radius 1 is 1.25 bits per heavy atom. The van der Waals surface area contributed by atoms with Gasteiger partial charge in [-0.2, -0.15) is 18.3 Å². The quantitative estimate of drug-likeness (QED) is 0.153. The number of thioether (sulfide) groups is 1. The third kappa shape index (κ3) is 5.88. The minimum Gasteiger partial charge on any atom is -0.334 e. The normalized spacial score (nSPS) is 11.7. The maximum absolute atomic E-state index is 13.6. The number of nitrogens with one attached hydrogen (secondary N) is 2. The molecule has 0 unspecified atom stereocenters. The topological polar surface area (TPSA) is 110 Å². The molecule has 3 aromatic rings. The number of amides is 1. The van der Waals surface area contributed by atoms with Crippen LogP contribution in [0.25, 0.3) is 0 Å². The number of hydrazone groups is 1. The van der Waals surface area contributed by atoms with Gasteiger partial charge >= 0.3 is 6.18 Å². The monoisotopic (exact) mass is 487 g/mol. The van der Waals surface area contributed by atoms with Crippen LogP contribution in [0, 0.1) is 5.82 Å². The number of hydrogen-bond donors (Lipinski definition) is 3. The van der Waals surface area contributed by atoms with Gasteiger partial charge in [0, 0.05) is 5.56 Å². The smallest absolute Gasteiger partial charge is 0.334 e. The van der Waals surface area contributed by atoms with Crippen LogP contribution in [0.2, 0.25) is 5.02 Å². The maximum atomic E-state index is 13.6. The first-order chi connectivity index (χ1) is 15.1. The molecular weight excluding hydrogens is 474 g/mol. The van der Waals surface area contributed by atoms with Gasteiger partial charge in [-0.15, -0.1) is 10.2 Å². The zero-order valence-corrected chi connectivity index (χ0v) is 17.5. The molecule has 32 heavy (non-hydrogen) atoms. The molecule has 1 amide bonds. The molecule has 4 N–H and O–H groups in total. The first kappa shape index (κ1) is 23.3. The van der Waals surface area contributed by atoms with E-state index in [9.17, 15) is 22.4 Å². The molecule has 0 fully saturated rings. The summed E-state index contributed by atoms with van der Waals surface area (Å²) in [5, 5.41) is 13.8. The number of carbonyl (C=O) groups is 1. The van der Waals surface area contributed by atoms with E-state index in [4.69, 9.17) is 17.4 Å². The van der Waals surface area contributed by atoms with Crippen molar-refractivity contribution in [2.24, 2.45) is 5.10 Å². The fraction of sp³-hybridized carbons (Fsp3) is 0.111. The van der Waals surface area contributed by atoms with Gasteiger partial charge in [0.15, 0.2) is 0 Å². The highest BCUT2D eigenvalue weighted by Crippen LogP contribution is 2.34. The van der Waals surface area contributed by atoms with Crippen LogP contribution in [0.4, 0.5) is 29.2 Å². The van der Waals surface area contributed by atoms with Crippen molar-refractivity contribution in [3.05, 3.63) is 64.4 Å². The standard InChI is InChI=1S/C18H14ClF4N7OS/c19-12-6-5-11(18(21,22)23)7-14(12)26-15(31)9-32-17-29-28-16(30(17)24)27-25-8-10-3-1-2-4-13(10)20/h1-8H,9,24H2,(H,26,31)(H,27,28)/b25-8+. The summed E-state index contributed by atoms with van der Waals surface area (Å²) in [6.07, 6.45) is -3.35. The largest absolute Gasteiger partial charge is 0.416 e. The number of benzene rings is 2. The van der Waals surface area contributed by atoms with Gasteiger partial charge in [0.2, 0.25) is 11.1 Å². The molecule has 0 spiro atoms. The number of alkyl halides is 3. The minimum absolute atomic E-state index is 0.0152. The number of nitrogens with two attached hydrogens (primary N) is 1. The predicted molar refractivity (Wildman–Crippen MR) is 114 cm³/mol. The van der Waals surface area contributed by atoms with Gasteiger partial charge in [0.1, 0.15) is 5.82 Å². The molecule has 0 bridgehead atoms. The summed E-state index contributed by atoms with van der Waals surface area (Å²) in [5.74, 6) is 4.51. The third-order valence-electron chi connectivity index (χ3n) is 3.84. The van der Waals surface area contributed by atoms with Crippen molar-refractivity contribution in [2.75, 3.05) is 22.3 Å². The molecule has 0 aliphatic heterocycles. The van der Waals surface area contributed by atoms with E-state index < -0.39 is 23.5 Å². The number of halogens is 5. The number of nitrogen functional groups attached to an aromatic ring is 1. The Labute approximate surface area is 187 Å². The molecule has 3 rings (SSSR count). The second kappa shape index (κ2) is 9.87. The van der Waals surface area contributed by atoms with E-state index in [0.29, 0.717) is 0 Å². The highest BCUT2D eigenvalue weighted by atomic mass is 35.5. The number of anilines is 2. The second-order valence-electron chi connectivity index (χ2n) is 6.10. The zero-order valence-electron chi connectivity index (χ0n) is 15.9. The maximum Gasteiger partial charge on any atom is 0.416 e. The zero-order chi connectivity index (χ0) is 23.3. The van der Waals surface area contributed by atoms with Crippen molar-refractivity contribution >= 4 is 47.1 Å². The molecule has 8 nitrogen and oxygen atoms in total. The van der Waals surface area contributed by atoms with Gasteiger partial charge in [0.05, 0.1) is 28.2 Å². The van der Waals surface area contributed by atoms with Crippen LogP contribution in [0.15, 0.2) is 52.7 Å². The van der Waals surface area contributed by atoms with Crippen LogP contribution in [0.3, 0.4) is 0 Å². The minimum atomic E-state index is -4.58. The van der Waals surface area contributed by atoms with Crippen molar-refractivity contribution in [1.82, 2.24) is 14.9 Å². The number of hydrogen-bond acceptors (Lipinski definition) is 7. The summed E-state index contributed by atoms with van der Waals surface area (Å²) in [6, 6.07) is 8.57. The Balaban J connectivity index is 1.58. The average molecular weight is 488 g/mol. The Morgan fingerprint density at radius 3 is 2.72 bits per heavy atom. The third-order valence-corrected chi connectivity index (χ3v) is 5.11. The highest BCUT2D eigenvalue weighted by molar-refractivity contribution is 7.99. The van der Waals surface area contributed by atoms with Gasteiger partial charge in [-0.3, -0.25) is 4.79 Å². The molecule has 0 aliphatic rings. The van der Waals surface area contributed by atoms with E-state index in [0.717, 1.165) is 34.6 Å². The first-order valence-corrected chi connectivity index (χ1v) is 10.0. The van der Waals surface area contributed by atoms with Crippen LogP contribution in [0.5, 0.6) is 0 Å². The predicted octanol–water partition coefficient (Wildman–Crippen LogP) is 3.98. The average Bonchev–Trinajstić information content (AvgIpc) is 3.08. The van der Waals surface area contributed by atoms with Gasteiger partial charge < -0.3 is 11.2 Å². The van der Waals surface area contributed by atoms with Gasteiger partial charge in [-0.1, -0.05) is 41.6 Å². The second-order valence-corrected chi connectivity index (χ2v) is 7.45. The van der Waals surface area contributed by atoms with E-state index in [-0.39, 0.29) is 33.1 Å². The molecule has 0 aliphatic carbocycles. The van der Waals surface area contributed by atoms with Crippen LogP contribution in [0.1, 0.15) is 11.1 Å². The summed E-state index contributed by atoms with van der Waals surface area (Å²) < 4.78 is 53.1. The van der Waals surface area contributed by atoms with E-state index in [1.165, 1.54) is 24.4 Å². The molecule has 1 aromatic heterocycles. The lowest BCUT2D eigenvalue weighted by Crippen LogP contribution is -2.17. The first-order valence-electron chi connectivity index (χ1n) is 8.68. The van der Waals surface area contributed by atoms with E-state index in [1.54, 1.807) is 6.07 Å². The number of nitrogens with zero attached hydrogens (tertiary/aromatic N) is 4. The lowest BCUT2D eigenvalue weighted by Gasteiger charge is -2.11. The van der Waals surface area contributed by atoms with E-state index in [2.05, 4.69) is 26.0 Å². The molecule has 0 saturated carbocycles. The fourth-order valence-electron chi connectivity index (χ4n) is 2.30. The molecular formula is C18H14ClF4N7OS. The summed E-state index contributed by atoms with van der Waals surface area (Å²) in [4.78, 5) is 12.1. The lowest BCUT2D eigenvalue weighted by molar-refractivity contribution is -0.137. The SMILES string of the molecule is Nn1c(N/N=C/c2ccccc2F)nnc1SCC(=O)Nc1cc(C(F)(F)F)ccc1Cl. The van der Waals surface area contributed by atoms with Gasteiger partial charge in [-0.05, 0) is 24.3 Å². The Morgan fingerprint density at radius 2 is 2.00 bits per heavy atom. The van der Waals surface area contributed by atoms with Gasteiger partial charge in [-0.25, -0.2) is 14.5 Å². The van der Waals surface area contributed by atoms with Crippen LogP contribution in [-0.4, -0.2) is 32.7 Å². The summed E-state index contributed by atoms with van der Waals surface area (Å²) in [6.45, 7) is 0. The number of rotatable bonds is 7. The van der Waals surface area contributed by atoms with E-state index >= 15 is 0 Å². The van der Waals surface area contributed by atoms with Crippen LogP contribution >= 0.6 is 23.4 Å². The van der Waals surface area contributed by atoms with E-state index in [1.807, 2.05) is 0 Å². The van der Waals surface area contributed by atoms with Crippen LogP contribution in [-0.2, 0) is 11.0 Å². The Hall–Kier alpha value is -3.32. The molecule has 0 radical (unpaired) electrons. The highest BCUT2D eigenvalue weighted by Gasteiger charge is 2.31. The lowest BCUT2D eigenvalue weighted by atomic mass is 10.2. The molecule has 0 saturated heterocycles. The van der Waals surface area contributed by atoms with Gasteiger partial charge in [0.25, 0.3) is 5.95 Å². The Kier molecular flexibility index (Phi) is 7.20. The van der Waals surface area contributed by atoms with Crippen molar-refractivity contribution < 1.29 is 22.4 Å². The molecule has 1 heterocycles. The van der Waals surface area contributed by atoms with Crippen LogP contribution < -0.4 is 16.6 Å². The molecule has 14 heteroatoms.